The lowest BCUT2D eigenvalue weighted by molar-refractivity contribution is 0.0765. The molecule has 6 nitrogen and oxygen atoms in total. The number of likely N-dealkylation sites (tertiary alicyclic amines) is 2. The first-order chi connectivity index (χ1) is 13.9. The Labute approximate surface area is 169 Å². The largest absolute Gasteiger partial charge is 0.338 e. The first kappa shape index (κ1) is 19.4. The molecule has 0 N–H and O–H groups in total. The van der Waals surface area contributed by atoms with Crippen LogP contribution in [0.3, 0.4) is 0 Å². The quantitative estimate of drug-likeness (QED) is 0.784. The molecular weight excluding hydrogens is 371 g/mol. The molecule has 1 aromatic carbocycles. The number of carbonyl (C=O) groups is 2. The normalized spacial score (nSPS) is 23.2. The van der Waals surface area contributed by atoms with Crippen molar-refractivity contribution in [2.45, 2.75) is 13.0 Å². The Morgan fingerprint density at radius 1 is 1.14 bits per heavy atom. The van der Waals surface area contributed by atoms with Gasteiger partial charge in [-0.25, -0.2) is 9.18 Å². The van der Waals surface area contributed by atoms with E-state index in [0.29, 0.717) is 30.9 Å². The minimum Gasteiger partial charge on any atom is -0.338 e. The molecule has 2 fully saturated rings. The summed E-state index contributed by atoms with van der Waals surface area (Å²) in [6.45, 7) is 3.51. The molecule has 2 aromatic rings. The van der Waals surface area contributed by atoms with Gasteiger partial charge in [0.25, 0.3) is 5.91 Å². The van der Waals surface area contributed by atoms with Gasteiger partial charge in [0.15, 0.2) is 0 Å². The fraction of sp³-hybridized carbons (Fsp3) is 0.409. The number of nitrogens with zero attached hydrogens (tertiary/aromatic N) is 4. The summed E-state index contributed by atoms with van der Waals surface area (Å²) in [4.78, 5) is 35.3. The van der Waals surface area contributed by atoms with Gasteiger partial charge in [-0.15, -0.1) is 0 Å². The minimum absolute atomic E-state index is 0.0338. The Morgan fingerprint density at radius 2 is 1.93 bits per heavy atom. The van der Waals surface area contributed by atoms with Crippen molar-refractivity contribution in [2.24, 2.45) is 11.8 Å². The van der Waals surface area contributed by atoms with Gasteiger partial charge in [0.05, 0.1) is 11.6 Å². The van der Waals surface area contributed by atoms with Gasteiger partial charge in [-0.1, -0.05) is 12.1 Å². The van der Waals surface area contributed by atoms with Crippen molar-refractivity contribution in [1.82, 2.24) is 19.7 Å². The summed E-state index contributed by atoms with van der Waals surface area (Å²) >= 11 is 0. The van der Waals surface area contributed by atoms with Gasteiger partial charge in [-0.2, -0.15) is 0 Å². The first-order valence-electron chi connectivity index (χ1n) is 9.81. The third kappa shape index (κ3) is 3.45. The minimum atomic E-state index is -0.319. The fourth-order valence-electron chi connectivity index (χ4n) is 4.66. The third-order valence-corrected chi connectivity index (χ3v) is 6.01. The van der Waals surface area contributed by atoms with E-state index in [4.69, 9.17) is 0 Å². The molecule has 0 saturated carbocycles. The molecule has 29 heavy (non-hydrogen) atoms. The number of hydrogen-bond donors (Lipinski definition) is 0. The highest BCUT2D eigenvalue weighted by atomic mass is 19.1. The van der Waals surface area contributed by atoms with Crippen LogP contribution in [-0.2, 0) is 0 Å². The first-order valence-corrected chi connectivity index (χ1v) is 9.81. The van der Waals surface area contributed by atoms with Crippen LogP contribution in [0.25, 0.3) is 0 Å². The van der Waals surface area contributed by atoms with E-state index in [9.17, 15) is 14.0 Å². The second-order valence-electron chi connectivity index (χ2n) is 8.10. The maximum absolute atomic E-state index is 13.9. The topological polar surface area (TPSA) is 56.8 Å². The molecule has 0 bridgehead atoms. The van der Waals surface area contributed by atoms with E-state index in [1.54, 1.807) is 43.4 Å². The fourth-order valence-corrected chi connectivity index (χ4v) is 4.66. The number of pyridine rings is 1. The van der Waals surface area contributed by atoms with Crippen LogP contribution in [0.2, 0.25) is 0 Å². The average Bonchev–Trinajstić information content (AvgIpc) is 3.25. The highest BCUT2D eigenvalue weighted by molar-refractivity contribution is 5.95. The zero-order valence-corrected chi connectivity index (χ0v) is 16.9. The zero-order valence-electron chi connectivity index (χ0n) is 16.9. The maximum Gasteiger partial charge on any atom is 0.320 e. The molecule has 1 aromatic heterocycles. The van der Waals surface area contributed by atoms with Crippen molar-refractivity contribution < 1.29 is 14.0 Å². The van der Waals surface area contributed by atoms with Crippen LogP contribution in [0, 0.1) is 24.6 Å². The van der Waals surface area contributed by atoms with E-state index in [0.717, 1.165) is 5.56 Å². The van der Waals surface area contributed by atoms with Gasteiger partial charge >= 0.3 is 6.03 Å². The molecule has 2 aliphatic heterocycles. The monoisotopic (exact) mass is 396 g/mol. The molecular formula is C22H25FN4O2. The van der Waals surface area contributed by atoms with Crippen LogP contribution in [0.1, 0.15) is 27.7 Å². The van der Waals surface area contributed by atoms with E-state index in [2.05, 4.69) is 4.98 Å². The van der Waals surface area contributed by atoms with Gasteiger partial charge in [0, 0.05) is 57.5 Å². The highest BCUT2D eigenvalue weighted by Crippen LogP contribution is 2.45. The second-order valence-corrected chi connectivity index (χ2v) is 8.10. The Hall–Kier alpha value is -2.96. The molecule has 2 aliphatic rings. The summed E-state index contributed by atoms with van der Waals surface area (Å²) in [5, 5.41) is 0. The molecule has 0 spiro atoms. The molecule has 3 amide bonds. The van der Waals surface area contributed by atoms with Crippen LogP contribution >= 0.6 is 0 Å². The summed E-state index contributed by atoms with van der Waals surface area (Å²) < 4.78 is 13.9. The SMILES string of the molecule is Cc1ncccc1C(=O)N1C[C@@H]2CN(C(=O)N(C)C)[C@H](c3cccc(F)c3)[C@@H]2C1. The van der Waals surface area contributed by atoms with Crippen molar-refractivity contribution >= 4 is 11.9 Å². The number of amides is 3. The Bertz CT molecular complexity index is 948. The summed E-state index contributed by atoms with van der Waals surface area (Å²) in [6, 6.07) is 9.67. The third-order valence-electron chi connectivity index (χ3n) is 6.01. The van der Waals surface area contributed by atoms with E-state index in [1.165, 1.54) is 12.1 Å². The number of urea groups is 1. The molecule has 152 valence electrons. The number of halogens is 1. The lowest BCUT2D eigenvalue weighted by Crippen LogP contribution is -2.42. The van der Waals surface area contributed by atoms with Crippen LogP contribution in [0.4, 0.5) is 9.18 Å². The molecule has 7 heteroatoms. The van der Waals surface area contributed by atoms with E-state index in [1.807, 2.05) is 22.8 Å². The van der Waals surface area contributed by atoms with Crippen LogP contribution in [-0.4, -0.2) is 65.4 Å². The summed E-state index contributed by atoms with van der Waals surface area (Å²) in [6.07, 6.45) is 1.68. The number of rotatable bonds is 2. The van der Waals surface area contributed by atoms with Crippen molar-refractivity contribution in [3.63, 3.8) is 0 Å². The average molecular weight is 396 g/mol. The van der Waals surface area contributed by atoms with Crippen LogP contribution < -0.4 is 0 Å². The lowest BCUT2D eigenvalue weighted by atomic mass is 9.89. The molecule has 0 aliphatic carbocycles. The van der Waals surface area contributed by atoms with Crippen LogP contribution in [0.5, 0.6) is 0 Å². The molecule has 4 rings (SSSR count). The zero-order chi connectivity index (χ0) is 20.7. The maximum atomic E-state index is 13.9. The Kier molecular flexibility index (Phi) is 4.98. The van der Waals surface area contributed by atoms with Gasteiger partial charge in [-0.3, -0.25) is 9.78 Å². The van der Waals surface area contributed by atoms with E-state index >= 15 is 0 Å². The summed E-state index contributed by atoms with van der Waals surface area (Å²) in [5.74, 6) is -0.122. The predicted octanol–water partition coefficient (Wildman–Crippen LogP) is 2.96. The van der Waals surface area contributed by atoms with Crippen molar-refractivity contribution in [2.75, 3.05) is 33.7 Å². The second kappa shape index (κ2) is 7.46. The predicted molar refractivity (Wildman–Crippen MR) is 107 cm³/mol. The van der Waals surface area contributed by atoms with Crippen molar-refractivity contribution in [3.8, 4) is 0 Å². The van der Waals surface area contributed by atoms with Gasteiger partial charge < -0.3 is 14.7 Å². The number of benzene rings is 1. The number of fused-ring (bicyclic) bond motifs is 1. The standard InChI is InChI=1S/C22H25FN4O2/c1-14-18(8-5-9-24-14)21(28)26-11-16-12-27(22(29)25(2)3)20(19(16)13-26)15-6-4-7-17(23)10-15/h4-10,16,19-20H,11-13H2,1-3H3/t16-,19-,20-/m1/s1. The van der Waals surface area contributed by atoms with Gasteiger partial charge in [-0.05, 0) is 36.8 Å². The lowest BCUT2D eigenvalue weighted by Gasteiger charge is -2.32. The number of carbonyl (C=O) groups excluding carboxylic acids is 2. The summed E-state index contributed by atoms with van der Waals surface area (Å²) in [7, 11) is 3.44. The Balaban J connectivity index is 1.63. The van der Waals surface area contributed by atoms with Crippen LogP contribution in [0.15, 0.2) is 42.6 Å². The molecule has 3 atom stereocenters. The van der Waals surface area contributed by atoms with E-state index < -0.39 is 0 Å². The van der Waals surface area contributed by atoms with Crippen molar-refractivity contribution in [3.05, 3.63) is 65.2 Å². The highest BCUT2D eigenvalue weighted by Gasteiger charge is 2.50. The molecule has 0 unspecified atom stereocenters. The number of hydrogen-bond acceptors (Lipinski definition) is 3. The summed E-state index contributed by atoms with van der Waals surface area (Å²) in [5.41, 5.74) is 2.09. The smallest absolute Gasteiger partial charge is 0.320 e. The van der Waals surface area contributed by atoms with E-state index in [-0.39, 0.29) is 35.6 Å². The van der Waals surface area contributed by atoms with Crippen molar-refractivity contribution in [1.29, 1.82) is 0 Å². The van der Waals surface area contributed by atoms with Gasteiger partial charge in [0.1, 0.15) is 5.82 Å². The number of aromatic nitrogens is 1. The molecule has 2 saturated heterocycles. The number of aryl methyl sites for hydroxylation is 1. The molecule has 3 heterocycles. The Morgan fingerprint density at radius 3 is 2.62 bits per heavy atom. The van der Waals surface area contributed by atoms with Gasteiger partial charge in [0.2, 0.25) is 0 Å². The molecule has 0 radical (unpaired) electrons.